The van der Waals surface area contributed by atoms with Gasteiger partial charge in [0, 0.05) is 18.0 Å². The third kappa shape index (κ3) is 7.54. The number of carbonyl (C=O) groups is 2. The number of carbonyl (C=O) groups excluding carboxylic acids is 2. The number of methoxy groups -OCH3 is 1. The van der Waals surface area contributed by atoms with Gasteiger partial charge in [0.05, 0.1) is 17.7 Å². The molecule has 0 spiro atoms. The minimum Gasteiger partial charge on any atom is -0.497 e. The van der Waals surface area contributed by atoms with Crippen molar-refractivity contribution < 1.29 is 22.7 Å². The third-order valence-corrected chi connectivity index (χ3v) is 8.79. The zero-order valence-corrected chi connectivity index (χ0v) is 24.5. The van der Waals surface area contributed by atoms with Gasteiger partial charge in [0.25, 0.3) is 10.0 Å². The van der Waals surface area contributed by atoms with Crippen LogP contribution in [-0.2, 0) is 26.2 Å². The summed E-state index contributed by atoms with van der Waals surface area (Å²) < 4.78 is 34.2. The highest BCUT2D eigenvalue weighted by Gasteiger charge is 2.32. The van der Waals surface area contributed by atoms with Crippen molar-refractivity contribution in [2.75, 3.05) is 30.8 Å². The number of rotatable bonds is 12. The second kappa shape index (κ2) is 13.5. The van der Waals surface area contributed by atoms with E-state index in [1.807, 2.05) is 19.2 Å². The molecule has 0 aliphatic heterocycles. The van der Waals surface area contributed by atoms with Gasteiger partial charge in [-0.1, -0.05) is 29.8 Å². The number of sulfonamides is 1. The van der Waals surface area contributed by atoms with Crippen molar-refractivity contribution in [2.24, 2.45) is 0 Å². The fourth-order valence-electron chi connectivity index (χ4n) is 3.99. The number of anilines is 1. The molecule has 0 radical (unpaired) electrons. The summed E-state index contributed by atoms with van der Waals surface area (Å²) in [5, 5.41) is 2.76. The van der Waals surface area contributed by atoms with Gasteiger partial charge in [-0.15, -0.1) is 11.8 Å². The Morgan fingerprint density at radius 3 is 2.28 bits per heavy atom. The van der Waals surface area contributed by atoms with E-state index in [2.05, 4.69) is 5.32 Å². The SMILES string of the molecule is CCNC(=O)C(C)N(Cc1cccc(OC)c1)C(=O)CN(c1ccc(C)cc1)S(=O)(=O)c1ccc(SC)cc1. The van der Waals surface area contributed by atoms with Gasteiger partial charge in [-0.3, -0.25) is 13.9 Å². The van der Waals surface area contributed by atoms with E-state index in [-0.39, 0.29) is 17.3 Å². The van der Waals surface area contributed by atoms with Gasteiger partial charge < -0.3 is 15.0 Å². The summed E-state index contributed by atoms with van der Waals surface area (Å²) in [7, 11) is -2.55. The van der Waals surface area contributed by atoms with Crippen molar-refractivity contribution >= 4 is 39.3 Å². The van der Waals surface area contributed by atoms with Gasteiger partial charge in [-0.25, -0.2) is 8.42 Å². The Labute approximate surface area is 235 Å². The molecule has 0 bridgehead atoms. The number of thioether (sulfide) groups is 1. The smallest absolute Gasteiger partial charge is 0.264 e. The summed E-state index contributed by atoms with van der Waals surface area (Å²) in [5.74, 6) is -0.226. The summed E-state index contributed by atoms with van der Waals surface area (Å²) in [6.07, 6.45) is 1.91. The predicted molar refractivity (Wildman–Crippen MR) is 156 cm³/mol. The lowest BCUT2D eigenvalue weighted by atomic mass is 10.1. The lowest BCUT2D eigenvalue weighted by Gasteiger charge is -2.32. The molecule has 0 aromatic heterocycles. The number of nitrogens with one attached hydrogen (secondary N) is 1. The summed E-state index contributed by atoms with van der Waals surface area (Å²) in [6, 6.07) is 19.9. The standard InChI is InChI=1S/C29H35N3O5S2/c1-6-30-29(34)22(3)31(19-23-8-7-9-25(18-23)37-4)28(33)20-32(24-12-10-21(2)11-13-24)39(35,36)27-16-14-26(38-5)15-17-27/h7-18,22H,6,19-20H2,1-5H3,(H,30,34). The van der Waals surface area contributed by atoms with Crippen molar-refractivity contribution in [1.82, 2.24) is 10.2 Å². The summed E-state index contributed by atoms with van der Waals surface area (Å²) >= 11 is 1.51. The second-order valence-corrected chi connectivity index (χ2v) is 11.7. The molecule has 0 heterocycles. The van der Waals surface area contributed by atoms with E-state index in [1.165, 1.54) is 28.8 Å². The van der Waals surface area contributed by atoms with E-state index in [9.17, 15) is 18.0 Å². The second-order valence-electron chi connectivity index (χ2n) is 8.97. The molecule has 3 aromatic carbocycles. The number of likely N-dealkylation sites (N-methyl/N-ethyl adjacent to an activating group) is 1. The molecule has 3 rings (SSSR count). The Bertz CT molecular complexity index is 1380. The Morgan fingerprint density at radius 1 is 1.03 bits per heavy atom. The molecule has 10 heteroatoms. The molecular weight excluding hydrogens is 534 g/mol. The highest BCUT2D eigenvalue weighted by Crippen LogP contribution is 2.27. The van der Waals surface area contributed by atoms with Gasteiger partial charge in [0.1, 0.15) is 18.3 Å². The normalized spacial score (nSPS) is 11.9. The highest BCUT2D eigenvalue weighted by molar-refractivity contribution is 7.98. The maximum Gasteiger partial charge on any atom is 0.264 e. The van der Waals surface area contributed by atoms with E-state index in [0.717, 1.165) is 20.3 Å². The summed E-state index contributed by atoms with van der Waals surface area (Å²) in [5.41, 5.74) is 2.06. The minimum atomic E-state index is -4.10. The van der Waals surface area contributed by atoms with Crippen LogP contribution in [0.15, 0.2) is 82.6 Å². The summed E-state index contributed by atoms with van der Waals surface area (Å²) in [4.78, 5) is 29.1. The number of aryl methyl sites for hydroxylation is 1. The predicted octanol–water partition coefficient (Wildman–Crippen LogP) is 4.47. The van der Waals surface area contributed by atoms with Crippen molar-refractivity contribution in [1.29, 1.82) is 0 Å². The minimum absolute atomic E-state index is 0.0739. The molecule has 8 nitrogen and oxygen atoms in total. The van der Waals surface area contributed by atoms with Crippen LogP contribution in [0.4, 0.5) is 5.69 Å². The first kappa shape index (κ1) is 30.0. The third-order valence-electron chi connectivity index (χ3n) is 6.25. The van der Waals surface area contributed by atoms with Crippen molar-refractivity contribution in [3.63, 3.8) is 0 Å². The molecular formula is C29H35N3O5S2. The molecule has 0 saturated carbocycles. The van der Waals surface area contributed by atoms with Crippen LogP contribution in [0.3, 0.4) is 0 Å². The lowest BCUT2D eigenvalue weighted by Crippen LogP contribution is -2.51. The Hall–Kier alpha value is -3.50. The number of ether oxygens (including phenoxy) is 1. The molecule has 2 amide bonds. The first-order valence-electron chi connectivity index (χ1n) is 12.5. The molecule has 0 aliphatic rings. The number of amides is 2. The molecule has 3 aromatic rings. The van der Waals surface area contributed by atoms with Crippen molar-refractivity contribution in [3.8, 4) is 5.75 Å². The van der Waals surface area contributed by atoms with Gasteiger partial charge in [0.2, 0.25) is 11.8 Å². The van der Waals surface area contributed by atoms with Crippen LogP contribution in [0.1, 0.15) is 25.0 Å². The summed E-state index contributed by atoms with van der Waals surface area (Å²) in [6.45, 7) is 5.35. The molecule has 1 atom stereocenters. The zero-order chi connectivity index (χ0) is 28.6. The molecule has 0 fully saturated rings. The van der Waals surface area contributed by atoms with Crippen LogP contribution in [0, 0.1) is 6.92 Å². The van der Waals surface area contributed by atoms with Gasteiger partial charge in [-0.2, -0.15) is 0 Å². The number of hydrogen-bond acceptors (Lipinski definition) is 6. The van der Waals surface area contributed by atoms with E-state index >= 15 is 0 Å². The largest absolute Gasteiger partial charge is 0.497 e. The van der Waals surface area contributed by atoms with E-state index < -0.39 is 28.5 Å². The van der Waals surface area contributed by atoms with Crippen molar-refractivity contribution in [2.45, 2.75) is 43.1 Å². The van der Waals surface area contributed by atoms with Crippen molar-refractivity contribution in [3.05, 3.63) is 83.9 Å². The molecule has 208 valence electrons. The van der Waals surface area contributed by atoms with Crippen LogP contribution in [0.5, 0.6) is 5.75 Å². The van der Waals surface area contributed by atoms with E-state index in [1.54, 1.807) is 75.6 Å². The van der Waals surface area contributed by atoms with Crippen LogP contribution in [0.25, 0.3) is 0 Å². The average molecular weight is 570 g/mol. The monoisotopic (exact) mass is 569 g/mol. The number of hydrogen-bond donors (Lipinski definition) is 1. The zero-order valence-electron chi connectivity index (χ0n) is 22.9. The van der Waals surface area contributed by atoms with E-state index in [4.69, 9.17) is 4.74 Å². The van der Waals surface area contributed by atoms with Gasteiger partial charge in [0.15, 0.2) is 0 Å². The Morgan fingerprint density at radius 2 is 1.69 bits per heavy atom. The van der Waals surface area contributed by atoms with Crippen LogP contribution in [-0.4, -0.2) is 57.6 Å². The first-order chi connectivity index (χ1) is 18.6. The maximum atomic E-state index is 13.9. The van der Waals surface area contributed by atoms with Crippen LogP contribution in [0.2, 0.25) is 0 Å². The maximum absolute atomic E-state index is 13.9. The Balaban J connectivity index is 2.02. The highest BCUT2D eigenvalue weighted by atomic mass is 32.2. The molecule has 1 N–H and O–H groups in total. The fraction of sp³-hybridized carbons (Fsp3) is 0.310. The molecule has 0 saturated heterocycles. The Kier molecular flexibility index (Phi) is 10.4. The molecule has 39 heavy (non-hydrogen) atoms. The fourth-order valence-corrected chi connectivity index (χ4v) is 5.81. The van der Waals surface area contributed by atoms with E-state index in [0.29, 0.717) is 18.0 Å². The first-order valence-corrected chi connectivity index (χ1v) is 15.2. The number of benzene rings is 3. The van der Waals surface area contributed by atoms with Crippen LogP contribution < -0.4 is 14.4 Å². The van der Waals surface area contributed by atoms with Gasteiger partial charge in [-0.05, 0) is 81.1 Å². The quantitative estimate of drug-likeness (QED) is 0.323. The topological polar surface area (TPSA) is 96.0 Å². The van der Waals surface area contributed by atoms with Crippen LogP contribution >= 0.6 is 11.8 Å². The number of nitrogens with zero attached hydrogens (tertiary/aromatic N) is 2. The average Bonchev–Trinajstić information content (AvgIpc) is 2.94. The lowest BCUT2D eigenvalue weighted by molar-refractivity contribution is -0.139. The van der Waals surface area contributed by atoms with Gasteiger partial charge >= 0.3 is 0 Å². The molecule has 0 aliphatic carbocycles. The molecule has 1 unspecified atom stereocenters.